The standard InChI is InChI=1S/C14H24N2O2S/c1-5-6-8-16(3)9-7-11-10(2)12(13(15)19-11)14(17)18-4/h5-9,15H2,1-4H3. The van der Waals surface area contributed by atoms with Gasteiger partial charge in [-0.05, 0) is 38.9 Å². The largest absolute Gasteiger partial charge is 0.465 e. The molecule has 1 heterocycles. The first-order valence-electron chi connectivity index (χ1n) is 6.65. The maximum Gasteiger partial charge on any atom is 0.341 e. The summed E-state index contributed by atoms with van der Waals surface area (Å²) in [5.74, 6) is -0.336. The van der Waals surface area contributed by atoms with Gasteiger partial charge in [-0.25, -0.2) is 4.79 Å². The lowest BCUT2D eigenvalue weighted by Gasteiger charge is -2.15. The van der Waals surface area contributed by atoms with Gasteiger partial charge in [0.1, 0.15) is 5.00 Å². The molecule has 1 aromatic heterocycles. The summed E-state index contributed by atoms with van der Waals surface area (Å²) in [6.45, 7) is 6.24. The average Bonchev–Trinajstić information content (AvgIpc) is 2.68. The van der Waals surface area contributed by atoms with Gasteiger partial charge >= 0.3 is 5.97 Å². The van der Waals surface area contributed by atoms with Crippen LogP contribution in [0.15, 0.2) is 0 Å². The zero-order valence-electron chi connectivity index (χ0n) is 12.3. The van der Waals surface area contributed by atoms with Crippen LogP contribution in [0.4, 0.5) is 5.00 Å². The van der Waals surface area contributed by atoms with Crippen LogP contribution in [0.2, 0.25) is 0 Å². The molecular formula is C14H24N2O2S. The number of hydrogen-bond acceptors (Lipinski definition) is 5. The number of anilines is 1. The van der Waals surface area contributed by atoms with Crippen LogP contribution in [-0.4, -0.2) is 38.1 Å². The normalized spacial score (nSPS) is 11.0. The number of carbonyl (C=O) groups is 1. The molecular weight excluding hydrogens is 260 g/mol. The van der Waals surface area contributed by atoms with Crippen molar-refractivity contribution in [3.8, 4) is 0 Å². The van der Waals surface area contributed by atoms with Crippen molar-refractivity contribution < 1.29 is 9.53 Å². The summed E-state index contributed by atoms with van der Waals surface area (Å²) in [6, 6.07) is 0. The highest BCUT2D eigenvalue weighted by Crippen LogP contribution is 2.31. The molecule has 0 aliphatic heterocycles. The number of hydrogen-bond donors (Lipinski definition) is 1. The summed E-state index contributed by atoms with van der Waals surface area (Å²) in [6.07, 6.45) is 3.36. The number of nitrogen functional groups attached to an aromatic ring is 1. The topological polar surface area (TPSA) is 55.6 Å². The lowest BCUT2D eigenvalue weighted by Crippen LogP contribution is -2.22. The molecule has 0 radical (unpaired) electrons. The van der Waals surface area contributed by atoms with E-state index >= 15 is 0 Å². The molecule has 0 aliphatic carbocycles. The molecule has 0 saturated heterocycles. The average molecular weight is 284 g/mol. The monoisotopic (exact) mass is 284 g/mol. The summed E-state index contributed by atoms with van der Waals surface area (Å²) in [7, 11) is 3.51. The maximum atomic E-state index is 11.6. The first kappa shape index (κ1) is 16.0. The van der Waals surface area contributed by atoms with Crippen LogP contribution in [0.1, 0.15) is 40.6 Å². The van der Waals surface area contributed by atoms with Gasteiger partial charge in [0.2, 0.25) is 0 Å². The number of nitrogens with two attached hydrogens (primary N) is 1. The molecule has 0 aromatic carbocycles. The second-order valence-electron chi connectivity index (χ2n) is 4.79. The predicted octanol–water partition coefficient (Wildman–Crippen LogP) is 2.70. The molecule has 0 unspecified atom stereocenters. The van der Waals surface area contributed by atoms with Crippen molar-refractivity contribution in [2.24, 2.45) is 0 Å². The molecule has 0 atom stereocenters. The van der Waals surface area contributed by atoms with Crippen molar-refractivity contribution >= 4 is 22.3 Å². The van der Waals surface area contributed by atoms with Gasteiger partial charge in [-0.15, -0.1) is 11.3 Å². The maximum absolute atomic E-state index is 11.6. The van der Waals surface area contributed by atoms with E-state index in [1.165, 1.54) is 36.2 Å². The highest BCUT2D eigenvalue weighted by Gasteiger charge is 2.19. The fourth-order valence-corrected chi connectivity index (χ4v) is 3.06. The molecule has 108 valence electrons. The Morgan fingerprint density at radius 1 is 1.42 bits per heavy atom. The van der Waals surface area contributed by atoms with Crippen molar-refractivity contribution in [2.75, 3.05) is 33.0 Å². The minimum absolute atomic E-state index is 0.336. The van der Waals surface area contributed by atoms with Gasteiger partial charge in [-0.1, -0.05) is 13.3 Å². The molecule has 2 N–H and O–H groups in total. The molecule has 0 aliphatic rings. The third-order valence-corrected chi connectivity index (χ3v) is 4.46. The molecule has 0 saturated carbocycles. The van der Waals surface area contributed by atoms with E-state index in [0.29, 0.717) is 10.6 Å². The van der Waals surface area contributed by atoms with Crippen LogP contribution >= 0.6 is 11.3 Å². The van der Waals surface area contributed by atoms with E-state index < -0.39 is 0 Å². The van der Waals surface area contributed by atoms with Gasteiger partial charge < -0.3 is 15.4 Å². The van der Waals surface area contributed by atoms with Crippen molar-refractivity contribution in [2.45, 2.75) is 33.1 Å². The van der Waals surface area contributed by atoms with Crippen LogP contribution in [-0.2, 0) is 11.2 Å². The molecule has 5 heteroatoms. The number of carbonyl (C=O) groups excluding carboxylic acids is 1. The first-order valence-corrected chi connectivity index (χ1v) is 7.47. The molecule has 0 bridgehead atoms. The van der Waals surface area contributed by atoms with E-state index in [0.717, 1.165) is 25.1 Å². The zero-order valence-corrected chi connectivity index (χ0v) is 13.1. The number of thiophene rings is 1. The molecule has 4 nitrogen and oxygen atoms in total. The highest BCUT2D eigenvalue weighted by atomic mass is 32.1. The molecule has 1 aromatic rings. The fourth-order valence-electron chi connectivity index (χ4n) is 2.01. The van der Waals surface area contributed by atoms with Gasteiger partial charge in [-0.3, -0.25) is 0 Å². The number of methoxy groups -OCH3 is 1. The second kappa shape index (κ2) is 7.50. The van der Waals surface area contributed by atoms with Crippen molar-refractivity contribution in [3.05, 3.63) is 16.0 Å². The molecule has 1 rings (SSSR count). The SMILES string of the molecule is CCCCN(C)CCc1sc(N)c(C(=O)OC)c1C. The summed E-state index contributed by atoms with van der Waals surface area (Å²) in [5.41, 5.74) is 7.42. The molecule has 19 heavy (non-hydrogen) atoms. The van der Waals surface area contributed by atoms with E-state index in [4.69, 9.17) is 10.5 Å². The number of ether oxygens (including phenoxy) is 1. The molecule has 0 fully saturated rings. The predicted molar refractivity (Wildman–Crippen MR) is 80.9 cm³/mol. The Labute approximate surface area is 119 Å². The fraction of sp³-hybridized carbons (Fsp3) is 0.643. The van der Waals surface area contributed by atoms with Gasteiger partial charge in [0.25, 0.3) is 0 Å². The van der Waals surface area contributed by atoms with Crippen LogP contribution in [0.5, 0.6) is 0 Å². The van der Waals surface area contributed by atoms with E-state index in [-0.39, 0.29) is 5.97 Å². The van der Waals surface area contributed by atoms with Gasteiger partial charge in [0, 0.05) is 11.4 Å². The lowest BCUT2D eigenvalue weighted by atomic mass is 10.1. The van der Waals surface area contributed by atoms with Gasteiger partial charge in [-0.2, -0.15) is 0 Å². The summed E-state index contributed by atoms with van der Waals surface area (Å²) in [5, 5.41) is 0.565. The summed E-state index contributed by atoms with van der Waals surface area (Å²) in [4.78, 5) is 15.1. The van der Waals surface area contributed by atoms with E-state index in [9.17, 15) is 4.79 Å². The summed E-state index contributed by atoms with van der Waals surface area (Å²) >= 11 is 1.50. The summed E-state index contributed by atoms with van der Waals surface area (Å²) < 4.78 is 4.77. The number of nitrogens with zero attached hydrogens (tertiary/aromatic N) is 1. The van der Waals surface area contributed by atoms with Crippen LogP contribution < -0.4 is 5.73 Å². The first-order chi connectivity index (χ1) is 9.01. The smallest absolute Gasteiger partial charge is 0.341 e. The Kier molecular flexibility index (Phi) is 6.31. The van der Waals surface area contributed by atoms with Crippen molar-refractivity contribution in [1.29, 1.82) is 0 Å². The Morgan fingerprint density at radius 3 is 2.68 bits per heavy atom. The van der Waals surface area contributed by atoms with Crippen molar-refractivity contribution in [1.82, 2.24) is 4.90 Å². The van der Waals surface area contributed by atoms with E-state index in [1.54, 1.807) is 0 Å². The highest BCUT2D eigenvalue weighted by molar-refractivity contribution is 7.16. The van der Waals surface area contributed by atoms with Crippen LogP contribution in [0.25, 0.3) is 0 Å². The third-order valence-electron chi connectivity index (χ3n) is 3.28. The Bertz CT molecular complexity index is 429. The van der Waals surface area contributed by atoms with Gasteiger partial charge in [0.05, 0.1) is 12.7 Å². The third kappa shape index (κ3) is 4.21. The van der Waals surface area contributed by atoms with E-state index in [1.807, 2.05) is 6.92 Å². The minimum Gasteiger partial charge on any atom is -0.465 e. The number of unbranched alkanes of at least 4 members (excludes halogenated alkanes) is 1. The Morgan fingerprint density at radius 2 is 2.11 bits per heavy atom. The quantitative estimate of drug-likeness (QED) is 0.782. The lowest BCUT2D eigenvalue weighted by molar-refractivity contribution is 0.0601. The van der Waals surface area contributed by atoms with Gasteiger partial charge in [0.15, 0.2) is 0 Å². The minimum atomic E-state index is -0.336. The van der Waals surface area contributed by atoms with Crippen LogP contribution in [0.3, 0.4) is 0 Å². The van der Waals surface area contributed by atoms with E-state index in [2.05, 4.69) is 18.9 Å². The Hall–Kier alpha value is -1.07. The number of esters is 1. The second-order valence-corrected chi connectivity index (χ2v) is 5.92. The van der Waals surface area contributed by atoms with Crippen molar-refractivity contribution in [3.63, 3.8) is 0 Å². The molecule has 0 amide bonds. The number of likely N-dealkylation sites (N-methyl/N-ethyl adjacent to an activating group) is 1. The Balaban J connectivity index is 2.67. The number of rotatable bonds is 7. The zero-order chi connectivity index (χ0) is 14.4. The molecule has 0 spiro atoms. The van der Waals surface area contributed by atoms with Crippen LogP contribution in [0, 0.1) is 6.92 Å².